The summed E-state index contributed by atoms with van der Waals surface area (Å²) in [6, 6.07) is 69.7. The standard InChI is InChI=1S/C49H31NS/c1-3-15-32(16-4-1)50(33-17-5-2-6-18-33)34-27-29-44-41(31-34)36-20-8-7-19-35(36)37-21-9-12-24-42(37)49(44)43-25-13-10-23-40(43)47-45(49)30-28-39-38-22-11-14-26-46(38)51-48(39)47/h1-31H. The highest BCUT2D eigenvalue weighted by molar-refractivity contribution is 7.26. The highest BCUT2D eigenvalue weighted by atomic mass is 32.1. The molecule has 2 heteroatoms. The first-order chi connectivity index (χ1) is 25.3. The highest BCUT2D eigenvalue weighted by Gasteiger charge is 2.50. The van der Waals surface area contributed by atoms with Crippen molar-refractivity contribution in [2.45, 2.75) is 5.41 Å². The number of rotatable bonds is 3. The quantitative estimate of drug-likeness (QED) is 0.182. The Morgan fingerprint density at radius 2 is 0.882 bits per heavy atom. The summed E-state index contributed by atoms with van der Waals surface area (Å²) < 4.78 is 2.70. The van der Waals surface area contributed by atoms with Gasteiger partial charge in [0.2, 0.25) is 0 Å². The molecule has 1 spiro atoms. The third kappa shape index (κ3) is 3.91. The van der Waals surface area contributed by atoms with Crippen LogP contribution in [0.3, 0.4) is 0 Å². The monoisotopic (exact) mass is 665 g/mol. The molecule has 0 bridgehead atoms. The van der Waals surface area contributed by atoms with Crippen LogP contribution in [0.2, 0.25) is 0 Å². The minimum absolute atomic E-state index is 0.524. The molecule has 1 atom stereocenters. The van der Waals surface area contributed by atoms with E-state index >= 15 is 0 Å². The van der Waals surface area contributed by atoms with Gasteiger partial charge in [-0.15, -0.1) is 11.3 Å². The van der Waals surface area contributed by atoms with E-state index in [1.807, 2.05) is 11.3 Å². The highest BCUT2D eigenvalue weighted by Crippen LogP contribution is 2.63. The molecule has 11 rings (SSSR count). The number of hydrogen-bond donors (Lipinski definition) is 0. The minimum atomic E-state index is -0.524. The molecule has 238 valence electrons. The Morgan fingerprint density at radius 3 is 1.61 bits per heavy atom. The Kier molecular flexibility index (Phi) is 6.11. The van der Waals surface area contributed by atoms with E-state index in [2.05, 4.69) is 193 Å². The molecule has 0 saturated heterocycles. The molecule has 51 heavy (non-hydrogen) atoms. The normalized spacial score (nSPS) is 15.1. The van der Waals surface area contributed by atoms with Gasteiger partial charge >= 0.3 is 0 Å². The van der Waals surface area contributed by atoms with Gasteiger partial charge in [-0.3, -0.25) is 0 Å². The van der Waals surface area contributed by atoms with Crippen molar-refractivity contribution in [1.29, 1.82) is 0 Å². The molecule has 1 nitrogen and oxygen atoms in total. The van der Waals surface area contributed by atoms with Crippen molar-refractivity contribution in [3.63, 3.8) is 0 Å². The van der Waals surface area contributed by atoms with Gasteiger partial charge in [0.25, 0.3) is 0 Å². The first kappa shape index (κ1) is 28.6. The maximum atomic E-state index is 2.45. The van der Waals surface area contributed by atoms with Crippen LogP contribution in [-0.2, 0) is 5.41 Å². The third-order valence-corrected chi connectivity index (χ3v) is 12.3. The number of hydrogen-bond acceptors (Lipinski definition) is 2. The Bertz CT molecular complexity index is 2770. The smallest absolute Gasteiger partial charge is 0.0726 e. The summed E-state index contributed by atoms with van der Waals surface area (Å²) in [5.41, 5.74) is 16.0. The molecule has 2 aliphatic carbocycles. The number of para-hydroxylation sites is 2. The van der Waals surface area contributed by atoms with Gasteiger partial charge in [-0.25, -0.2) is 0 Å². The molecule has 1 unspecified atom stereocenters. The van der Waals surface area contributed by atoms with Gasteiger partial charge in [0.05, 0.1) is 5.41 Å². The summed E-state index contributed by atoms with van der Waals surface area (Å²) >= 11 is 1.93. The zero-order valence-electron chi connectivity index (χ0n) is 27.8. The number of thiophene rings is 1. The SMILES string of the molecule is c1ccc(N(c2ccccc2)c2ccc3c(c2)-c2ccccc2-c2ccccc2C32c3ccccc3-c3c2ccc2c3sc3ccccc32)cc1. The maximum Gasteiger partial charge on any atom is 0.0726 e. The zero-order valence-corrected chi connectivity index (χ0v) is 28.6. The van der Waals surface area contributed by atoms with Crippen LogP contribution >= 0.6 is 11.3 Å². The fourth-order valence-electron chi connectivity index (χ4n) is 9.09. The van der Waals surface area contributed by atoms with Gasteiger partial charge in [-0.1, -0.05) is 146 Å². The number of anilines is 3. The van der Waals surface area contributed by atoms with Crippen molar-refractivity contribution in [3.8, 4) is 33.4 Å². The van der Waals surface area contributed by atoms with Gasteiger partial charge in [0.15, 0.2) is 0 Å². The van der Waals surface area contributed by atoms with Gasteiger partial charge in [0.1, 0.15) is 0 Å². The number of nitrogens with zero attached hydrogens (tertiary/aromatic N) is 1. The van der Waals surface area contributed by atoms with Gasteiger partial charge in [-0.2, -0.15) is 0 Å². The molecular formula is C49H31NS. The van der Waals surface area contributed by atoms with E-state index in [0.717, 1.165) is 17.1 Å². The van der Waals surface area contributed by atoms with Crippen molar-refractivity contribution in [3.05, 3.63) is 210 Å². The van der Waals surface area contributed by atoms with E-state index in [1.165, 1.54) is 75.8 Å². The lowest BCUT2D eigenvalue weighted by Crippen LogP contribution is -2.29. The fourth-order valence-corrected chi connectivity index (χ4v) is 10.4. The molecule has 8 aromatic carbocycles. The molecule has 0 N–H and O–H groups in total. The van der Waals surface area contributed by atoms with Crippen LogP contribution < -0.4 is 4.90 Å². The Hall–Kier alpha value is -6.22. The topological polar surface area (TPSA) is 3.24 Å². The van der Waals surface area contributed by atoms with E-state index in [9.17, 15) is 0 Å². The molecule has 9 aromatic rings. The minimum Gasteiger partial charge on any atom is -0.310 e. The van der Waals surface area contributed by atoms with Crippen molar-refractivity contribution in [2.75, 3.05) is 4.90 Å². The molecule has 1 heterocycles. The van der Waals surface area contributed by atoms with E-state index in [4.69, 9.17) is 0 Å². The largest absolute Gasteiger partial charge is 0.310 e. The van der Waals surface area contributed by atoms with Crippen LogP contribution in [0.5, 0.6) is 0 Å². The van der Waals surface area contributed by atoms with Gasteiger partial charge in [-0.05, 0) is 92.5 Å². The van der Waals surface area contributed by atoms with Crippen LogP contribution in [0.15, 0.2) is 188 Å². The molecular weight excluding hydrogens is 635 g/mol. The van der Waals surface area contributed by atoms with Crippen LogP contribution in [0.1, 0.15) is 22.3 Å². The molecule has 2 aliphatic rings. The second-order valence-corrected chi connectivity index (χ2v) is 14.6. The summed E-state index contributed by atoms with van der Waals surface area (Å²) in [6.07, 6.45) is 0. The Labute approximate surface area is 301 Å². The van der Waals surface area contributed by atoms with E-state index in [1.54, 1.807) is 0 Å². The van der Waals surface area contributed by atoms with E-state index < -0.39 is 5.41 Å². The molecule has 0 radical (unpaired) electrons. The average molecular weight is 666 g/mol. The molecule has 0 fully saturated rings. The van der Waals surface area contributed by atoms with Crippen LogP contribution in [0, 0.1) is 0 Å². The summed E-state index contributed by atoms with van der Waals surface area (Å²) in [7, 11) is 0. The van der Waals surface area contributed by atoms with Gasteiger partial charge in [0, 0.05) is 42.8 Å². The molecule has 0 aliphatic heterocycles. The second kappa shape index (κ2) is 10.9. The first-order valence-corrected chi connectivity index (χ1v) is 18.4. The predicted octanol–water partition coefficient (Wildman–Crippen LogP) is 13.5. The van der Waals surface area contributed by atoms with Crippen LogP contribution in [0.25, 0.3) is 53.6 Å². The van der Waals surface area contributed by atoms with E-state index in [-0.39, 0.29) is 0 Å². The summed E-state index contributed by atoms with van der Waals surface area (Å²) in [5, 5.41) is 2.67. The van der Waals surface area contributed by atoms with Crippen molar-refractivity contribution >= 4 is 48.6 Å². The zero-order chi connectivity index (χ0) is 33.5. The van der Waals surface area contributed by atoms with Crippen molar-refractivity contribution in [1.82, 2.24) is 0 Å². The molecule has 1 aromatic heterocycles. The van der Waals surface area contributed by atoms with E-state index in [0.29, 0.717) is 0 Å². The summed E-state index contributed by atoms with van der Waals surface area (Å²) in [6.45, 7) is 0. The average Bonchev–Trinajstić information content (AvgIpc) is 3.69. The van der Waals surface area contributed by atoms with Crippen molar-refractivity contribution < 1.29 is 0 Å². The van der Waals surface area contributed by atoms with Crippen molar-refractivity contribution in [2.24, 2.45) is 0 Å². The Morgan fingerprint density at radius 1 is 0.353 bits per heavy atom. The molecule has 0 saturated carbocycles. The summed E-state index contributed by atoms with van der Waals surface area (Å²) in [4.78, 5) is 2.38. The Balaban J connectivity index is 1.29. The molecule has 0 amide bonds. The summed E-state index contributed by atoms with van der Waals surface area (Å²) in [5.74, 6) is 0. The van der Waals surface area contributed by atoms with Gasteiger partial charge < -0.3 is 4.90 Å². The predicted molar refractivity (Wildman–Crippen MR) is 216 cm³/mol. The number of fused-ring (bicyclic) bond motifs is 16. The lowest BCUT2D eigenvalue weighted by atomic mass is 9.66. The lowest BCUT2D eigenvalue weighted by molar-refractivity contribution is 0.776. The van der Waals surface area contributed by atoms with Crippen LogP contribution in [-0.4, -0.2) is 0 Å². The van der Waals surface area contributed by atoms with Crippen LogP contribution in [0.4, 0.5) is 17.1 Å². The third-order valence-electron chi connectivity index (χ3n) is 11.1. The fraction of sp³-hybridized carbons (Fsp3) is 0.0204. The maximum absolute atomic E-state index is 2.45. The number of benzene rings is 8. The second-order valence-electron chi connectivity index (χ2n) is 13.6. The first-order valence-electron chi connectivity index (χ1n) is 17.6. The lowest BCUT2D eigenvalue weighted by Gasteiger charge is -2.36.